The van der Waals surface area contributed by atoms with Gasteiger partial charge < -0.3 is 24.4 Å². The number of hydrogen-bond donors (Lipinski definition) is 2. The van der Waals surface area contributed by atoms with Crippen LogP contribution in [0.1, 0.15) is 67.2 Å². The van der Waals surface area contributed by atoms with Gasteiger partial charge in [0.2, 0.25) is 0 Å². The molecule has 6 nitrogen and oxygen atoms in total. The summed E-state index contributed by atoms with van der Waals surface area (Å²) in [6.45, 7) is 12.4. The Morgan fingerprint density at radius 3 is 2.55 bits per heavy atom. The van der Waals surface area contributed by atoms with E-state index < -0.39 is 12.1 Å². The fourth-order valence-electron chi connectivity index (χ4n) is 5.22. The number of ether oxygens (including phenoxy) is 3. The molecule has 2 aliphatic heterocycles. The minimum absolute atomic E-state index is 0.0287. The second kappa shape index (κ2) is 11.1. The molecule has 0 saturated carbocycles. The molecule has 2 aliphatic rings. The third kappa shape index (κ3) is 7.14. The summed E-state index contributed by atoms with van der Waals surface area (Å²) in [5.41, 5.74) is 0.935. The van der Waals surface area contributed by atoms with Crippen LogP contribution in [0, 0.1) is 17.8 Å². The average molecular weight is 439 g/mol. The number of aliphatic hydroxyl groups excluding tert-OH is 1. The number of carbonyl (C=O) groups is 1. The van der Waals surface area contributed by atoms with Crippen molar-refractivity contribution in [2.24, 2.45) is 17.8 Å². The molecule has 6 heteroatoms. The minimum atomic E-state index is -0.803. The molecule has 2 fully saturated rings. The van der Waals surface area contributed by atoms with Gasteiger partial charge in [-0.25, -0.2) is 0 Å². The van der Waals surface area contributed by atoms with Gasteiger partial charge in [-0.05, 0) is 57.4 Å². The maximum atomic E-state index is 11.0. The van der Waals surface area contributed by atoms with Crippen LogP contribution in [0.15, 0.2) is 23.8 Å². The van der Waals surface area contributed by atoms with E-state index in [2.05, 4.69) is 52.8 Å². The quantitative estimate of drug-likeness (QED) is 0.368. The van der Waals surface area contributed by atoms with Crippen LogP contribution in [0.4, 0.5) is 0 Å². The van der Waals surface area contributed by atoms with Gasteiger partial charge in [0.25, 0.3) is 0 Å². The standard InChI is InChI=1S/C25H42O6/c1-15(14-25(6)24(31-25)18(4)23(29-7)19(5)26)9-8-10-16(2)22-17(3)11-12-20(30-22)13-21(27)28/h8-10,15,17-20,22-24,26H,11-14H2,1-7H3,(H,27,28)/b9-8+,16-10+/t15?,17-,18?,19?,20+,22+,23?,24+,25+/m0/s1. The highest BCUT2D eigenvalue weighted by atomic mass is 16.6. The van der Waals surface area contributed by atoms with Crippen LogP contribution in [-0.2, 0) is 19.0 Å². The first kappa shape index (κ1) is 26.0. The molecule has 0 aromatic carbocycles. The second-order valence-corrected chi connectivity index (χ2v) is 9.96. The van der Waals surface area contributed by atoms with Crippen molar-refractivity contribution in [1.29, 1.82) is 0 Å². The van der Waals surface area contributed by atoms with Crippen molar-refractivity contribution in [3.8, 4) is 0 Å². The first-order chi connectivity index (χ1) is 14.5. The summed E-state index contributed by atoms with van der Waals surface area (Å²) >= 11 is 0. The lowest BCUT2D eigenvalue weighted by molar-refractivity contribution is -0.143. The first-order valence-corrected chi connectivity index (χ1v) is 11.6. The summed E-state index contributed by atoms with van der Waals surface area (Å²) in [6, 6.07) is 0. The van der Waals surface area contributed by atoms with Crippen molar-refractivity contribution in [1.82, 2.24) is 0 Å². The molecular formula is C25H42O6. The van der Waals surface area contributed by atoms with E-state index in [1.54, 1.807) is 14.0 Å². The van der Waals surface area contributed by atoms with Crippen LogP contribution >= 0.6 is 0 Å². The van der Waals surface area contributed by atoms with Crippen LogP contribution in [-0.4, -0.2) is 59.4 Å². The van der Waals surface area contributed by atoms with Gasteiger partial charge in [0.05, 0.1) is 42.5 Å². The number of epoxide rings is 1. The highest BCUT2D eigenvalue weighted by molar-refractivity contribution is 5.67. The van der Waals surface area contributed by atoms with E-state index in [1.165, 1.54) is 0 Å². The van der Waals surface area contributed by atoms with Crippen LogP contribution in [0.25, 0.3) is 0 Å². The van der Waals surface area contributed by atoms with Gasteiger partial charge in [-0.15, -0.1) is 0 Å². The van der Waals surface area contributed by atoms with E-state index in [9.17, 15) is 9.90 Å². The molecule has 31 heavy (non-hydrogen) atoms. The zero-order chi connectivity index (χ0) is 23.3. The molecule has 4 unspecified atom stereocenters. The topological polar surface area (TPSA) is 88.5 Å². The van der Waals surface area contributed by atoms with E-state index in [1.807, 2.05) is 0 Å². The number of aliphatic carboxylic acids is 1. The summed E-state index contributed by atoms with van der Waals surface area (Å²) in [6.07, 6.45) is 8.21. The molecular weight excluding hydrogens is 396 g/mol. The van der Waals surface area contributed by atoms with E-state index in [-0.39, 0.29) is 42.4 Å². The summed E-state index contributed by atoms with van der Waals surface area (Å²) < 4.78 is 17.6. The maximum absolute atomic E-state index is 11.0. The van der Waals surface area contributed by atoms with Crippen LogP contribution in [0.2, 0.25) is 0 Å². The van der Waals surface area contributed by atoms with Gasteiger partial charge in [0, 0.05) is 13.0 Å². The van der Waals surface area contributed by atoms with Crippen LogP contribution < -0.4 is 0 Å². The monoisotopic (exact) mass is 438 g/mol. The lowest BCUT2D eigenvalue weighted by atomic mass is 9.85. The largest absolute Gasteiger partial charge is 0.481 e. The molecule has 178 valence electrons. The van der Waals surface area contributed by atoms with E-state index >= 15 is 0 Å². The SMILES string of the molecule is COC(C(C)O)C(C)[C@H]1O[C@]1(C)CC(C)/C=C/C=C(\C)[C@H]1O[C@@H](CC(=O)O)CC[C@@H]1C. The number of carboxylic acid groups (broad SMARTS) is 1. The van der Waals surface area contributed by atoms with E-state index in [4.69, 9.17) is 19.3 Å². The lowest BCUT2D eigenvalue weighted by Crippen LogP contribution is -2.36. The smallest absolute Gasteiger partial charge is 0.305 e. The van der Waals surface area contributed by atoms with E-state index in [0.717, 1.165) is 24.8 Å². The first-order valence-electron chi connectivity index (χ1n) is 11.6. The number of carboxylic acids is 1. The van der Waals surface area contributed by atoms with Crippen molar-refractivity contribution in [3.63, 3.8) is 0 Å². The Labute approximate surface area is 187 Å². The van der Waals surface area contributed by atoms with Crippen molar-refractivity contribution in [3.05, 3.63) is 23.8 Å². The Kier molecular flexibility index (Phi) is 9.31. The van der Waals surface area contributed by atoms with Crippen molar-refractivity contribution in [2.45, 2.75) is 103 Å². The molecule has 2 N–H and O–H groups in total. The Morgan fingerprint density at radius 1 is 1.29 bits per heavy atom. The van der Waals surface area contributed by atoms with Crippen molar-refractivity contribution in [2.75, 3.05) is 7.11 Å². The number of methoxy groups -OCH3 is 1. The van der Waals surface area contributed by atoms with Crippen molar-refractivity contribution < 1.29 is 29.2 Å². The fraction of sp³-hybridized carbons (Fsp3) is 0.800. The molecule has 0 spiro atoms. The van der Waals surface area contributed by atoms with Crippen LogP contribution in [0.5, 0.6) is 0 Å². The Hall–Kier alpha value is -1.21. The lowest BCUT2D eigenvalue weighted by Gasteiger charge is -2.35. The summed E-state index contributed by atoms with van der Waals surface area (Å²) in [5.74, 6) is 0.0402. The van der Waals surface area contributed by atoms with Gasteiger partial charge in [0.15, 0.2) is 0 Å². The molecule has 2 saturated heterocycles. The summed E-state index contributed by atoms with van der Waals surface area (Å²) in [5, 5.41) is 19.0. The molecule has 9 atom stereocenters. The molecule has 0 amide bonds. The zero-order valence-electron chi connectivity index (χ0n) is 20.2. The third-order valence-electron chi connectivity index (χ3n) is 6.86. The van der Waals surface area contributed by atoms with Gasteiger partial charge in [-0.3, -0.25) is 4.79 Å². The molecule has 2 rings (SSSR count). The third-order valence-corrected chi connectivity index (χ3v) is 6.86. The van der Waals surface area contributed by atoms with Crippen molar-refractivity contribution >= 4 is 5.97 Å². The Balaban J connectivity index is 1.89. The van der Waals surface area contributed by atoms with Gasteiger partial charge in [-0.1, -0.05) is 39.0 Å². The zero-order valence-corrected chi connectivity index (χ0v) is 20.2. The van der Waals surface area contributed by atoms with Crippen LogP contribution in [0.3, 0.4) is 0 Å². The molecule has 0 radical (unpaired) electrons. The number of hydrogen-bond acceptors (Lipinski definition) is 5. The molecule has 0 aromatic heterocycles. The normalized spacial score (nSPS) is 35.5. The summed E-state index contributed by atoms with van der Waals surface area (Å²) in [4.78, 5) is 11.0. The summed E-state index contributed by atoms with van der Waals surface area (Å²) in [7, 11) is 1.63. The highest BCUT2D eigenvalue weighted by Crippen LogP contribution is 2.47. The number of aliphatic hydroxyl groups is 1. The van der Waals surface area contributed by atoms with Gasteiger partial charge >= 0.3 is 5.97 Å². The molecule has 2 heterocycles. The molecule has 0 aromatic rings. The molecule has 0 aliphatic carbocycles. The van der Waals surface area contributed by atoms with Gasteiger partial charge in [-0.2, -0.15) is 0 Å². The average Bonchev–Trinajstić information content (AvgIpc) is 3.33. The highest BCUT2D eigenvalue weighted by Gasteiger charge is 2.56. The predicted octanol–water partition coefficient (Wildman–Crippen LogP) is 4.36. The fourth-order valence-corrected chi connectivity index (χ4v) is 5.22. The minimum Gasteiger partial charge on any atom is -0.481 e. The number of allylic oxidation sites excluding steroid dienone is 3. The van der Waals surface area contributed by atoms with E-state index in [0.29, 0.717) is 11.8 Å². The second-order valence-electron chi connectivity index (χ2n) is 9.96. The molecule has 0 bridgehead atoms. The van der Waals surface area contributed by atoms with Gasteiger partial charge in [0.1, 0.15) is 0 Å². The Bertz CT molecular complexity index is 656. The predicted molar refractivity (Wildman–Crippen MR) is 121 cm³/mol. The Morgan fingerprint density at radius 2 is 1.97 bits per heavy atom. The maximum Gasteiger partial charge on any atom is 0.305 e. The number of rotatable bonds is 11.